The molecule has 0 bridgehead atoms. The van der Waals surface area contributed by atoms with Crippen molar-refractivity contribution in [3.8, 4) is 0 Å². The van der Waals surface area contributed by atoms with Crippen LogP contribution in [0.5, 0.6) is 0 Å². The van der Waals surface area contributed by atoms with Crippen molar-refractivity contribution in [2.75, 3.05) is 0 Å². The van der Waals surface area contributed by atoms with E-state index in [2.05, 4.69) is 13.2 Å². The Labute approximate surface area is 77.0 Å². The molecule has 0 saturated carbocycles. The molecule has 0 unspecified atom stereocenters. The van der Waals surface area contributed by atoms with Crippen LogP contribution in [-0.4, -0.2) is 0 Å². The summed E-state index contributed by atoms with van der Waals surface area (Å²) >= 11 is 0. The van der Waals surface area contributed by atoms with Crippen LogP contribution in [0.3, 0.4) is 0 Å². The maximum atomic E-state index is 3.83. The first-order chi connectivity index (χ1) is 5.72. The van der Waals surface area contributed by atoms with Crippen molar-refractivity contribution < 1.29 is 0 Å². The molecular formula is C12H20. The maximum Gasteiger partial charge on any atom is -0.0276 e. The van der Waals surface area contributed by atoms with Gasteiger partial charge in [-0.05, 0) is 19.4 Å². The molecule has 12 heavy (non-hydrogen) atoms. The van der Waals surface area contributed by atoms with Gasteiger partial charge in [0, 0.05) is 0 Å². The van der Waals surface area contributed by atoms with E-state index in [0.29, 0.717) is 0 Å². The van der Waals surface area contributed by atoms with Crippen LogP contribution in [0.15, 0.2) is 48.6 Å². The van der Waals surface area contributed by atoms with Gasteiger partial charge in [0.2, 0.25) is 0 Å². The highest BCUT2D eigenvalue weighted by Gasteiger charge is 1.86. The third-order valence-corrected chi connectivity index (χ3v) is 1.22. The first-order valence-electron chi connectivity index (χ1n) is 4.33. The van der Waals surface area contributed by atoms with Crippen LogP contribution in [0.4, 0.5) is 0 Å². The van der Waals surface area contributed by atoms with E-state index in [9.17, 15) is 0 Å². The van der Waals surface area contributed by atoms with Gasteiger partial charge in [0.1, 0.15) is 0 Å². The molecule has 0 radical (unpaired) electrons. The van der Waals surface area contributed by atoms with E-state index in [1.807, 2.05) is 45.9 Å². The van der Waals surface area contributed by atoms with Crippen LogP contribution in [0.2, 0.25) is 0 Å². The molecule has 0 heterocycles. The summed E-state index contributed by atoms with van der Waals surface area (Å²) < 4.78 is 0. The molecule has 0 aliphatic heterocycles. The molecule has 0 aromatic rings. The second-order valence-corrected chi connectivity index (χ2v) is 2.12. The minimum atomic E-state index is 1.08. The van der Waals surface area contributed by atoms with E-state index in [1.165, 1.54) is 5.57 Å². The lowest BCUT2D eigenvalue weighted by atomic mass is 10.1. The standard InChI is InChI=1S/C10H14.C2H6/c1-5-7-8-10(6-2)9(3)4;1-2/h5-8H,1,3H2,2,4H3;1-2H3/b8-7-,10-6+;. The molecular weight excluding hydrogens is 144 g/mol. The Morgan fingerprint density at radius 2 is 1.75 bits per heavy atom. The molecule has 0 heteroatoms. The second kappa shape index (κ2) is 9.96. The predicted molar refractivity (Wildman–Crippen MR) is 59.3 cm³/mol. The molecule has 68 valence electrons. The molecule has 0 aromatic heterocycles. The van der Waals surface area contributed by atoms with Crippen LogP contribution in [0.25, 0.3) is 0 Å². The monoisotopic (exact) mass is 164 g/mol. The molecule has 0 aliphatic carbocycles. The Hall–Kier alpha value is -1.04. The van der Waals surface area contributed by atoms with Crippen LogP contribution in [0.1, 0.15) is 27.7 Å². The lowest BCUT2D eigenvalue weighted by Gasteiger charge is -1.96. The van der Waals surface area contributed by atoms with Gasteiger partial charge in [0.05, 0.1) is 0 Å². The van der Waals surface area contributed by atoms with Gasteiger partial charge in [0.15, 0.2) is 0 Å². The summed E-state index contributed by atoms with van der Waals surface area (Å²) in [4.78, 5) is 0. The van der Waals surface area contributed by atoms with E-state index in [4.69, 9.17) is 0 Å². The molecule has 0 amide bonds. The summed E-state index contributed by atoms with van der Waals surface area (Å²) in [6.07, 6.45) is 7.69. The van der Waals surface area contributed by atoms with Gasteiger partial charge >= 0.3 is 0 Å². The molecule has 0 aromatic carbocycles. The van der Waals surface area contributed by atoms with Crippen molar-refractivity contribution in [2.45, 2.75) is 27.7 Å². The average Bonchev–Trinajstić information content (AvgIpc) is 2.09. The SMILES string of the molecule is C=C/C=C\C(=C/C)C(=C)C.CC. The molecule has 0 spiro atoms. The molecule has 0 aliphatic rings. The number of allylic oxidation sites excluding steroid dienone is 6. The summed E-state index contributed by atoms with van der Waals surface area (Å²) in [5.41, 5.74) is 2.25. The minimum absolute atomic E-state index is 1.08. The fourth-order valence-corrected chi connectivity index (χ4v) is 0.657. The van der Waals surface area contributed by atoms with E-state index < -0.39 is 0 Å². The summed E-state index contributed by atoms with van der Waals surface area (Å²) in [5, 5.41) is 0. The fourth-order valence-electron chi connectivity index (χ4n) is 0.657. The highest BCUT2D eigenvalue weighted by Crippen LogP contribution is 2.07. The van der Waals surface area contributed by atoms with Gasteiger partial charge in [-0.1, -0.05) is 56.9 Å². The highest BCUT2D eigenvalue weighted by molar-refractivity contribution is 5.36. The highest BCUT2D eigenvalue weighted by atomic mass is 13.9. The molecule has 0 rings (SSSR count). The molecule has 0 fully saturated rings. The van der Waals surface area contributed by atoms with Crippen molar-refractivity contribution in [1.82, 2.24) is 0 Å². The average molecular weight is 164 g/mol. The van der Waals surface area contributed by atoms with Gasteiger partial charge in [0.25, 0.3) is 0 Å². The number of hydrogen-bond donors (Lipinski definition) is 0. The minimum Gasteiger partial charge on any atom is -0.0991 e. The quantitative estimate of drug-likeness (QED) is 0.546. The lowest BCUT2D eigenvalue weighted by molar-refractivity contribution is 1.43. The summed E-state index contributed by atoms with van der Waals surface area (Å²) in [5.74, 6) is 0. The molecule has 0 atom stereocenters. The number of hydrogen-bond acceptors (Lipinski definition) is 0. The smallest absolute Gasteiger partial charge is 0.0276 e. The third-order valence-electron chi connectivity index (χ3n) is 1.22. The van der Waals surface area contributed by atoms with Crippen molar-refractivity contribution in [3.63, 3.8) is 0 Å². The Balaban J connectivity index is 0. The van der Waals surface area contributed by atoms with E-state index in [-0.39, 0.29) is 0 Å². The van der Waals surface area contributed by atoms with Gasteiger partial charge < -0.3 is 0 Å². The Morgan fingerprint density at radius 1 is 1.25 bits per heavy atom. The second-order valence-electron chi connectivity index (χ2n) is 2.12. The van der Waals surface area contributed by atoms with E-state index >= 15 is 0 Å². The Bertz CT molecular complexity index is 180. The Kier molecular flexibility index (Phi) is 11.2. The zero-order valence-corrected chi connectivity index (χ0v) is 8.72. The first-order valence-corrected chi connectivity index (χ1v) is 4.33. The molecule has 0 nitrogen and oxygen atoms in total. The van der Waals surface area contributed by atoms with E-state index in [0.717, 1.165) is 5.57 Å². The lowest BCUT2D eigenvalue weighted by Crippen LogP contribution is -1.75. The molecule has 0 N–H and O–H groups in total. The Morgan fingerprint density at radius 3 is 2.00 bits per heavy atom. The van der Waals surface area contributed by atoms with Gasteiger partial charge in [-0.3, -0.25) is 0 Å². The predicted octanol–water partition coefficient (Wildman–Crippen LogP) is 4.28. The van der Waals surface area contributed by atoms with Crippen LogP contribution in [-0.2, 0) is 0 Å². The number of rotatable bonds is 3. The normalized spacial score (nSPS) is 10.5. The van der Waals surface area contributed by atoms with E-state index in [1.54, 1.807) is 6.08 Å². The van der Waals surface area contributed by atoms with Crippen LogP contribution in [0, 0.1) is 0 Å². The maximum absolute atomic E-state index is 3.83. The van der Waals surface area contributed by atoms with Gasteiger partial charge in [-0.15, -0.1) is 0 Å². The van der Waals surface area contributed by atoms with Crippen LogP contribution >= 0.6 is 0 Å². The largest absolute Gasteiger partial charge is 0.0991 e. The summed E-state index contributed by atoms with van der Waals surface area (Å²) in [6.45, 7) is 15.4. The van der Waals surface area contributed by atoms with Gasteiger partial charge in [-0.25, -0.2) is 0 Å². The zero-order valence-electron chi connectivity index (χ0n) is 8.72. The topological polar surface area (TPSA) is 0 Å². The molecule has 0 saturated heterocycles. The zero-order chi connectivity index (χ0) is 9.98. The van der Waals surface area contributed by atoms with Crippen molar-refractivity contribution in [1.29, 1.82) is 0 Å². The summed E-state index contributed by atoms with van der Waals surface area (Å²) in [7, 11) is 0. The van der Waals surface area contributed by atoms with Crippen molar-refractivity contribution in [2.24, 2.45) is 0 Å². The summed E-state index contributed by atoms with van der Waals surface area (Å²) in [6, 6.07) is 0. The first kappa shape index (κ1) is 13.5. The van der Waals surface area contributed by atoms with Gasteiger partial charge in [-0.2, -0.15) is 0 Å². The fraction of sp³-hybridized carbons (Fsp3) is 0.333. The van der Waals surface area contributed by atoms with Crippen LogP contribution < -0.4 is 0 Å². The third kappa shape index (κ3) is 7.07. The van der Waals surface area contributed by atoms with Crippen molar-refractivity contribution in [3.05, 3.63) is 48.6 Å². The van der Waals surface area contributed by atoms with Crippen molar-refractivity contribution >= 4 is 0 Å².